The number of rotatable bonds is 9. The average molecular weight is 537 g/mol. The van der Waals surface area contributed by atoms with E-state index in [1.807, 2.05) is 0 Å². The Hall–Kier alpha value is -3.82. The number of alkyl halides is 5. The highest BCUT2D eigenvalue weighted by atomic mass is 19.4. The van der Waals surface area contributed by atoms with Crippen molar-refractivity contribution < 1.29 is 45.4 Å². The van der Waals surface area contributed by atoms with Gasteiger partial charge >= 0.3 is 11.9 Å². The molecule has 0 aliphatic heterocycles. The molecule has 0 aromatic carbocycles. The molecule has 200 valence electrons. The monoisotopic (exact) mass is 537 g/mol. The minimum atomic E-state index is -4.95. The van der Waals surface area contributed by atoms with Gasteiger partial charge in [0.1, 0.15) is 18.1 Å². The van der Waals surface area contributed by atoms with E-state index in [0.29, 0.717) is 29.9 Å². The highest BCUT2D eigenvalue weighted by Crippen LogP contribution is 2.29. The summed E-state index contributed by atoms with van der Waals surface area (Å²) in [5, 5.41) is 13.1. The Morgan fingerprint density at radius 2 is 1.86 bits per heavy atom. The molecule has 0 radical (unpaired) electrons. The van der Waals surface area contributed by atoms with Crippen molar-refractivity contribution in [3.8, 4) is 11.7 Å². The number of aliphatic hydroxyl groups excluding tert-OH is 1. The number of hydrogen-bond donors (Lipinski definition) is 1. The predicted octanol–water partition coefficient (Wildman–Crippen LogP) is 3.31. The molecule has 9 nitrogen and oxygen atoms in total. The lowest BCUT2D eigenvalue weighted by atomic mass is 10.0. The van der Waals surface area contributed by atoms with E-state index in [-0.39, 0.29) is 12.4 Å². The molecule has 3 rings (SSSR count). The van der Waals surface area contributed by atoms with Crippen LogP contribution in [0.4, 0.5) is 30.7 Å². The number of pyridine rings is 2. The van der Waals surface area contributed by atoms with Gasteiger partial charge in [0.2, 0.25) is 5.88 Å². The second-order valence-corrected chi connectivity index (χ2v) is 7.56. The van der Waals surface area contributed by atoms with E-state index in [1.165, 1.54) is 6.92 Å². The minimum absolute atomic E-state index is 0.000514. The van der Waals surface area contributed by atoms with E-state index < -0.39 is 83.4 Å². The summed E-state index contributed by atoms with van der Waals surface area (Å²) in [6, 6.07) is 0.995. The summed E-state index contributed by atoms with van der Waals surface area (Å²) >= 11 is 0. The number of aromatic nitrogens is 5. The quantitative estimate of drug-likeness (QED) is 0.329. The Labute approximate surface area is 203 Å². The molecule has 0 aliphatic rings. The van der Waals surface area contributed by atoms with Gasteiger partial charge < -0.3 is 9.84 Å². The molecule has 3 aromatic rings. The van der Waals surface area contributed by atoms with Gasteiger partial charge in [-0.1, -0.05) is 0 Å². The van der Waals surface area contributed by atoms with Gasteiger partial charge in [-0.05, 0) is 31.5 Å². The minimum Gasteiger partial charge on any atom is -0.464 e. The SMILES string of the molecule is CCn1c(CO)nn(-c2nc(O[C@@H](C)C(F)(F)F)c(C(=O)Cc3cc(C(F)F)ncc3F)cc2F)c1=O. The Balaban J connectivity index is 2.14. The number of ether oxygens (including phenoxy) is 1. The predicted molar refractivity (Wildman–Crippen MR) is 111 cm³/mol. The second kappa shape index (κ2) is 10.7. The van der Waals surface area contributed by atoms with Gasteiger partial charge in [0.25, 0.3) is 6.43 Å². The van der Waals surface area contributed by atoms with Crippen LogP contribution in [0.3, 0.4) is 0 Å². The molecule has 0 unspecified atom stereocenters. The van der Waals surface area contributed by atoms with Crippen molar-refractivity contribution >= 4 is 5.78 Å². The highest BCUT2D eigenvalue weighted by Gasteiger charge is 2.39. The lowest BCUT2D eigenvalue weighted by Gasteiger charge is -2.19. The van der Waals surface area contributed by atoms with E-state index in [9.17, 15) is 41.0 Å². The van der Waals surface area contributed by atoms with Crippen molar-refractivity contribution in [1.29, 1.82) is 0 Å². The van der Waals surface area contributed by atoms with Crippen LogP contribution in [0.25, 0.3) is 5.82 Å². The first-order valence-electron chi connectivity index (χ1n) is 10.5. The van der Waals surface area contributed by atoms with Gasteiger partial charge in [0, 0.05) is 13.0 Å². The standard InChI is InChI=1S/C21H18F7N5O4/c1-3-32-16(8-34)31-33(20(32)36)18-12(22)6-11(19(30-18)37-9(2)21(26,27)28)15(35)5-10-4-14(17(24)25)29-7-13(10)23/h4,6-7,9,17,34H,3,5,8H2,1-2H3/t9-/m0/s1. The number of ketones is 1. The maximum Gasteiger partial charge on any atom is 0.425 e. The van der Waals surface area contributed by atoms with Crippen LogP contribution >= 0.6 is 0 Å². The van der Waals surface area contributed by atoms with Crippen LogP contribution in [0.1, 0.15) is 47.7 Å². The van der Waals surface area contributed by atoms with Crippen LogP contribution in [-0.4, -0.2) is 47.5 Å². The largest absolute Gasteiger partial charge is 0.464 e. The molecule has 0 saturated heterocycles. The molecule has 1 N–H and O–H groups in total. The molecule has 16 heteroatoms. The first-order valence-corrected chi connectivity index (χ1v) is 10.5. The van der Waals surface area contributed by atoms with Crippen LogP contribution in [0.15, 0.2) is 23.1 Å². The van der Waals surface area contributed by atoms with Gasteiger partial charge in [-0.3, -0.25) is 14.3 Å². The van der Waals surface area contributed by atoms with Gasteiger partial charge in [0.15, 0.2) is 29.3 Å². The fourth-order valence-electron chi connectivity index (χ4n) is 3.17. The Bertz CT molecular complexity index is 1370. The maximum absolute atomic E-state index is 15.0. The molecular weight excluding hydrogens is 519 g/mol. The summed E-state index contributed by atoms with van der Waals surface area (Å²) in [7, 11) is 0. The summed E-state index contributed by atoms with van der Waals surface area (Å²) < 4.78 is 101. The maximum atomic E-state index is 15.0. The normalized spacial score (nSPS) is 12.7. The third kappa shape index (κ3) is 5.79. The van der Waals surface area contributed by atoms with Crippen LogP contribution in [0, 0.1) is 11.6 Å². The van der Waals surface area contributed by atoms with Gasteiger partial charge in [-0.15, -0.1) is 5.10 Å². The Morgan fingerprint density at radius 3 is 2.41 bits per heavy atom. The molecule has 0 spiro atoms. The zero-order valence-electron chi connectivity index (χ0n) is 19.1. The fraction of sp³-hybridized carbons (Fsp3) is 0.381. The van der Waals surface area contributed by atoms with Crippen molar-refractivity contribution in [2.24, 2.45) is 0 Å². The average Bonchev–Trinajstić information content (AvgIpc) is 3.15. The topological polar surface area (TPSA) is 112 Å². The Morgan fingerprint density at radius 1 is 1.19 bits per heavy atom. The highest BCUT2D eigenvalue weighted by molar-refractivity contribution is 5.99. The first kappa shape index (κ1) is 27.8. The molecular formula is C21H18F7N5O4. The number of carbonyl (C=O) groups is 1. The number of aliphatic hydroxyl groups is 1. The third-order valence-electron chi connectivity index (χ3n) is 5.10. The molecule has 3 aromatic heterocycles. The van der Waals surface area contributed by atoms with Gasteiger partial charge in [-0.25, -0.2) is 22.4 Å². The van der Waals surface area contributed by atoms with Crippen LogP contribution < -0.4 is 10.4 Å². The van der Waals surface area contributed by atoms with Crippen molar-refractivity contribution in [2.45, 2.75) is 52.1 Å². The van der Waals surface area contributed by atoms with E-state index in [1.54, 1.807) is 0 Å². The number of carbonyl (C=O) groups excluding carboxylic acids is 1. The van der Waals surface area contributed by atoms with E-state index >= 15 is 4.39 Å². The van der Waals surface area contributed by atoms with Crippen LogP contribution in [-0.2, 0) is 19.6 Å². The summed E-state index contributed by atoms with van der Waals surface area (Å²) in [5.74, 6) is -6.01. The van der Waals surface area contributed by atoms with E-state index in [2.05, 4.69) is 15.1 Å². The fourth-order valence-corrected chi connectivity index (χ4v) is 3.17. The van der Waals surface area contributed by atoms with Crippen molar-refractivity contribution in [2.75, 3.05) is 0 Å². The molecule has 0 amide bonds. The van der Waals surface area contributed by atoms with Gasteiger partial charge in [-0.2, -0.15) is 22.8 Å². The molecule has 1 atom stereocenters. The third-order valence-corrected chi connectivity index (χ3v) is 5.10. The van der Waals surface area contributed by atoms with Crippen LogP contribution in [0.5, 0.6) is 5.88 Å². The zero-order chi connectivity index (χ0) is 27.7. The number of hydrogen-bond acceptors (Lipinski definition) is 7. The number of Topliss-reactive ketones (excluding diaryl/α,β-unsaturated/α-hetero) is 1. The zero-order valence-corrected chi connectivity index (χ0v) is 19.1. The number of halogens is 7. The van der Waals surface area contributed by atoms with E-state index in [4.69, 9.17) is 4.74 Å². The van der Waals surface area contributed by atoms with Crippen LogP contribution in [0.2, 0.25) is 0 Å². The number of nitrogens with zero attached hydrogens (tertiary/aromatic N) is 5. The molecule has 3 heterocycles. The molecule has 0 bridgehead atoms. The van der Waals surface area contributed by atoms with Gasteiger partial charge in [0.05, 0.1) is 11.8 Å². The first-order chi connectivity index (χ1) is 17.3. The van der Waals surface area contributed by atoms with E-state index in [0.717, 1.165) is 4.57 Å². The smallest absolute Gasteiger partial charge is 0.425 e. The molecule has 37 heavy (non-hydrogen) atoms. The lowest BCUT2D eigenvalue weighted by Crippen LogP contribution is -2.32. The molecule has 0 fully saturated rings. The summed E-state index contributed by atoms with van der Waals surface area (Å²) in [5.41, 5.74) is -3.32. The van der Waals surface area contributed by atoms with Crippen molar-refractivity contribution in [3.63, 3.8) is 0 Å². The summed E-state index contributed by atoms with van der Waals surface area (Å²) in [6.07, 6.45) is -11.2. The van der Waals surface area contributed by atoms with Crippen molar-refractivity contribution in [1.82, 2.24) is 24.3 Å². The lowest BCUT2D eigenvalue weighted by molar-refractivity contribution is -0.190. The second-order valence-electron chi connectivity index (χ2n) is 7.56. The van der Waals surface area contributed by atoms with Crippen molar-refractivity contribution in [3.05, 3.63) is 63.1 Å². The molecule has 0 aliphatic carbocycles. The summed E-state index contributed by atoms with van der Waals surface area (Å²) in [4.78, 5) is 32.2. The summed E-state index contributed by atoms with van der Waals surface area (Å²) in [6.45, 7) is 1.34. The Kier molecular flexibility index (Phi) is 8.00. The molecule has 0 saturated carbocycles.